The van der Waals surface area contributed by atoms with Gasteiger partial charge >= 0.3 is 5.97 Å². The number of hydrogen-bond acceptors (Lipinski definition) is 5. The molecule has 0 aliphatic rings. The number of amides is 1. The van der Waals surface area contributed by atoms with Crippen LogP contribution >= 0.6 is 22.7 Å². The van der Waals surface area contributed by atoms with Crippen LogP contribution in [-0.2, 0) is 10.2 Å². The number of thiazole rings is 1. The number of carboxylic acid groups (broad SMARTS) is 1. The zero-order valence-corrected chi connectivity index (χ0v) is 14.3. The van der Waals surface area contributed by atoms with Crippen LogP contribution in [0.25, 0.3) is 0 Å². The van der Waals surface area contributed by atoms with Crippen LogP contribution in [0.3, 0.4) is 0 Å². The van der Waals surface area contributed by atoms with E-state index in [1.54, 1.807) is 5.38 Å². The maximum absolute atomic E-state index is 12.3. The van der Waals surface area contributed by atoms with Gasteiger partial charge in [0.15, 0.2) is 0 Å². The van der Waals surface area contributed by atoms with Crippen molar-refractivity contribution in [3.63, 3.8) is 0 Å². The number of aliphatic carboxylic acids is 1. The summed E-state index contributed by atoms with van der Waals surface area (Å²) in [5.74, 6) is -1.29. The molecule has 2 rings (SSSR count). The summed E-state index contributed by atoms with van der Waals surface area (Å²) >= 11 is 2.86. The lowest BCUT2D eigenvalue weighted by Gasteiger charge is -2.15. The minimum absolute atomic E-state index is 0.114. The molecule has 1 amide bonds. The van der Waals surface area contributed by atoms with Crippen LogP contribution < -0.4 is 5.32 Å². The Morgan fingerprint density at radius 1 is 1.36 bits per heavy atom. The summed E-state index contributed by atoms with van der Waals surface area (Å²) in [5.41, 5.74) is 0.221. The fourth-order valence-corrected chi connectivity index (χ4v) is 3.51. The minimum atomic E-state index is -0.952. The molecule has 0 fully saturated rings. The zero-order chi connectivity index (χ0) is 16.3. The van der Waals surface area contributed by atoms with Crippen molar-refractivity contribution in [2.24, 2.45) is 0 Å². The fraction of sp³-hybridized carbons (Fsp3) is 0.400. The van der Waals surface area contributed by atoms with Gasteiger partial charge in [-0.15, -0.1) is 22.7 Å². The molecule has 118 valence electrons. The van der Waals surface area contributed by atoms with Gasteiger partial charge < -0.3 is 10.4 Å². The summed E-state index contributed by atoms with van der Waals surface area (Å²) in [4.78, 5) is 28.5. The highest BCUT2D eigenvalue weighted by Crippen LogP contribution is 2.26. The maximum atomic E-state index is 12.3. The number of rotatable bonds is 5. The lowest BCUT2D eigenvalue weighted by atomic mass is 9.98. The number of carbonyl (C=O) groups excluding carboxylic acids is 1. The molecule has 0 bridgehead atoms. The van der Waals surface area contributed by atoms with Crippen LogP contribution in [0.4, 0.5) is 0 Å². The van der Waals surface area contributed by atoms with E-state index in [9.17, 15) is 9.59 Å². The highest BCUT2D eigenvalue weighted by molar-refractivity contribution is 7.10. The van der Waals surface area contributed by atoms with Crippen LogP contribution in [0.5, 0.6) is 0 Å². The van der Waals surface area contributed by atoms with Crippen molar-refractivity contribution in [1.29, 1.82) is 0 Å². The number of hydrogen-bond donors (Lipinski definition) is 2. The van der Waals surface area contributed by atoms with Gasteiger partial charge in [-0.05, 0) is 11.4 Å². The summed E-state index contributed by atoms with van der Waals surface area (Å²) in [7, 11) is 0. The molecule has 2 N–H and O–H groups in total. The lowest BCUT2D eigenvalue weighted by molar-refractivity contribution is -0.137. The Bertz CT molecular complexity index is 657. The molecule has 2 heterocycles. The van der Waals surface area contributed by atoms with E-state index < -0.39 is 12.0 Å². The molecule has 0 saturated carbocycles. The van der Waals surface area contributed by atoms with E-state index >= 15 is 0 Å². The van der Waals surface area contributed by atoms with Crippen LogP contribution in [0.1, 0.15) is 53.6 Å². The Kier molecular flexibility index (Phi) is 4.97. The van der Waals surface area contributed by atoms with Crippen LogP contribution in [0.2, 0.25) is 0 Å². The van der Waals surface area contributed by atoms with Crippen LogP contribution in [-0.4, -0.2) is 22.0 Å². The molecule has 0 radical (unpaired) electrons. The van der Waals surface area contributed by atoms with E-state index in [0.717, 1.165) is 9.88 Å². The Balaban J connectivity index is 2.14. The maximum Gasteiger partial charge on any atom is 0.305 e. The SMILES string of the molecule is CC(C)(C)c1nc(C(=O)NC(CC(=O)O)c2cccs2)cs1. The molecule has 2 aromatic heterocycles. The van der Waals surface area contributed by atoms with Gasteiger partial charge in [-0.2, -0.15) is 0 Å². The molecule has 0 aliphatic heterocycles. The quantitative estimate of drug-likeness (QED) is 0.875. The predicted octanol–water partition coefficient (Wildman–Crippen LogP) is 3.45. The first kappa shape index (κ1) is 16.6. The molecule has 0 saturated heterocycles. The molecule has 7 heteroatoms. The van der Waals surface area contributed by atoms with Gasteiger partial charge in [-0.1, -0.05) is 26.8 Å². The number of nitrogens with zero attached hydrogens (tertiary/aromatic N) is 1. The Morgan fingerprint density at radius 2 is 2.09 bits per heavy atom. The zero-order valence-electron chi connectivity index (χ0n) is 12.6. The van der Waals surface area contributed by atoms with E-state index in [1.165, 1.54) is 22.7 Å². The molecule has 1 atom stereocenters. The van der Waals surface area contributed by atoms with Gasteiger partial charge in [0.1, 0.15) is 5.69 Å². The number of carbonyl (C=O) groups is 2. The molecule has 5 nitrogen and oxygen atoms in total. The van der Waals surface area contributed by atoms with Crippen molar-refractivity contribution < 1.29 is 14.7 Å². The van der Waals surface area contributed by atoms with E-state index in [4.69, 9.17) is 5.11 Å². The van der Waals surface area contributed by atoms with Gasteiger partial charge in [0.2, 0.25) is 0 Å². The topological polar surface area (TPSA) is 79.3 Å². The van der Waals surface area contributed by atoms with Crippen LogP contribution in [0, 0.1) is 0 Å². The lowest BCUT2D eigenvalue weighted by Crippen LogP contribution is -2.30. The Labute approximate surface area is 137 Å². The number of nitrogens with one attached hydrogen (secondary N) is 1. The second-order valence-corrected chi connectivity index (χ2v) is 7.76. The second kappa shape index (κ2) is 6.58. The van der Waals surface area contributed by atoms with Crippen molar-refractivity contribution in [3.8, 4) is 0 Å². The molecule has 0 spiro atoms. The van der Waals surface area contributed by atoms with Gasteiger partial charge in [0.05, 0.1) is 17.5 Å². The molecular weight excluding hydrogens is 320 g/mol. The van der Waals surface area contributed by atoms with E-state index in [1.807, 2.05) is 38.3 Å². The first-order valence-corrected chi connectivity index (χ1v) is 8.55. The van der Waals surface area contributed by atoms with Crippen molar-refractivity contribution in [2.75, 3.05) is 0 Å². The molecule has 1 unspecified atom stereocenters. The summed E-state index contributed by atoms with van der Waals surface area (Å²) < 4.78 is 0. The molecule has 0 aromatic carbocycles. The third kappa shape index (κ3) is 4.14. The smallest absolute Gasteiger partial charge is 0.305 e. The van der Waals surface area contributed by atoms with Crippen molar-refractivity contribution in [3.05, 3.63) is 38.5 Å². The van der Waals surface area contributed by atoms with Gasteiger partial charge in [0, 0.05) is 15.7 Å². The number of carboxylic acids is 1. The third-order valence-corrected chi connectivity index (χ3v) is 5.20. The largest absolute Gasteiger partial charge is 0.481 e. The second-order valence-electron chi connectivity index (χ2n) is 5.93. The van der Waals surface area contributed by atoms with Crippen molar-refractivity contribution >= 4 is 34.6 Å². The van der Waals surface area contributed by atoms with Gasteiger partial charge in [-0.25, -0.2) is 4.98 Å². The van der Waals surface area contributed by atoms with Crippen LogP contribution in [0.15, 0.2) is 22.9 Å². The molecular formula is C15H18N2O3S2. The molecule has 0 aliphatic carbocycles. The summed E-state index contributed by atoms with van der Waals surface area (Å²) in [6.45, 7) is 6.10. The van der Waals surface area contributed by atoms with E-state index in [-0.39, 0.29) is 17.7 Å². The Morgan fingerprint density at radius 3 is 2.59 bits per heavy atom. The van der Waals surface area contributed by atoms with Gasteiger partial charge in [0.25, 0.3) is 5.91 Å². The normalized spacial score (nSPS) is 12.9. The van der Waals surface area contributed by atoms with Gasteiger partial charge in [-0.3, -0.25) is 9.59 Å². The standard InChI is InChI=1S/C15H18N2O3S2/c1-15(2,3)14-17-10(8-22-14)13(20)16-9(7-12(18)19)11-5-4-6-21-11/h4-6,8-9H,7H2,1-3H3,(H,16,20)(H,18,19). The summed E-state index contributed by atoms with van der Waals surface area (Å²) in [6.07, 6.45) is -0.150. The summed E-state index contributed by atoms with van der Waals surface area (Å²) in [5, 5.41) is 16.2. The number of thiophene rings is 1. The van der Waals surface area contributed by atoms with Crippen molar-refractivity contribution in [2.45, 2.75) is 38.6 Å². The Hall–Kier alpha value is -1.73. The monoisotopic (exact) mass is 338 g/mol. The summed E-state index contributed by atoms with van der Waals surface area (Å²) in [6, 6.07) is 3.12. The number of aromatic nitrogens is 1. The predicted molar refractivity (Wildman–Crippen MR) is 87.6 cm³/mol. The minimum Gasteiger partial charge on any atom is -0.481 e. The average Bonchev–Trinajstić information content (AvgIpc) is 3.08. The first-order chi connectivity index (χ1) is 10.3. The van der Waals surface area contributed by atoms with E-state index in [0.29, 0.717) is 5.69 Å². The van der Waals surface area contributed by atoms with E-state index in [2.05, 4.69) is 10.3 Å². The first-order valence-electron chi connectivity index (χ1n) is 6.79. The molecule has 22 heavy (non-hydrogen) atoms. The fourth-order valence-electron chi connectivity index (χ4n) is 1.84. The molecule has 2 aromatic rings. The highest BCUT2D eigenvalue weighted by atomic mass is 32.1. The average molecular weight is 338 g/mol. The van der Waals surface area contributed by atoms with Crippen molar-refractivity contribution in [1.82, 2.24) is 10.3 Å². The third-order valence-electron chi connectivity index (χ3n) is 2.95. The highest BCUT2D eigenvalue weighted by Gasteiger charge is 2.23.